The van der Waals surface area contributed by atoms with Crippen molar-refractivity contribution in [3.05, 3.63) is 24.3 Å². The molecular formula is C12H20O2. The van der Waals surface area contributed by atoms with Crippen molar-refractivity contribution in [2.24, 2.45) is 0 Å². The number of rotatable bonds is 4. The first kappa shape index (κ1) is 12.8. The summed E-state index contributed by atoms with van der Waals surface area (Å²) in [6.45, 7) is 6.86. The predicted octanol–water partition coefficient (Wildman–Crippen LogP) is 3.51. The van der Waals surface area contributed by atoms with Crippen LogP contribution in [0.3, 0.4) is 0 Å². The van der Waals surface area contributed by atoms with Crippen LogP contribution in [0.25, 0.3) is 0 Å². The molecule has 1 aromatic carbocycles. The summed E-state index contributed by atoms with van der Waals surface area (Å²) in [5.41, 5.74) is 0. The summed E-state index contributed by atoms with van der Waals surface area (Å²) in [6, 6.07) is 7.61. The van der Waals surface area contributed by atoms with Crippen LogP contribution in [0.15, 0.2) is 24.3 Å². The van der Waals surface area contributed by atoms with Gasteiger partial charge in [-0.25, -0.2) is 0 Å². The topological polar surface area (TPSA) is 18.5 Å². The van der Waals surface area contributed by atoms with Gasteiger partial charge in [-0.15, -0.1) is 0 Å². The highest BCUT2D eigenvalue weighted by Crippen LogP contribution is 2.16. The van der Waals surface area contributed by atoms with E-state index in [0.717, 1.165) is 24.5 Å². The van der Waals surface area contributed by atoms with E-state index in [2.05, 4.69) is 6.92 Å². The first-order valence-corrected chi connectivity index (χ1v) is 5.13. The molecule has 2 heteroatoms. The summed E-state index contributed by atoms with van der Waals surface area (Å²) in [7, 11) is 1.65. The molecule has 80 valence electrons. The van der Waals surface area contributed by atoms with Crippen LogP contribution in [-0.2, 0) is 0 Å². The zero-order chi connectivity index (χ0) is 10.8. The number of hydrogen-bond donors (Lipinski definition) is 0. The summed E-state index contributed by atoms with van der Waals surface area (Å²) in [5.74, 6) is 1.76. The van der Waals surface area contributed by atoms with Crippen molar-refractivity contribution in [1.82, 2.24) is 0 Å². The van der Waals surface area contributed by atoms with Crippen molar-refractivity contribution in [3.63, 3.8) is 0 Å². The van der Waals surface area contributed by atoms with Crippen molar-refractivity contribution in [1.29, 1.82) is 0 Å². The van der Waals surface area contributed by atoms with E-state index in [-0.39, 0.29) is 0 Å². The van der Waals surface area contributed by atoms with Gasteiger partial charge in [0.2, 0.25) is 0 Å². The molecule has 0 spiro atoms. The maximum Gasteiger partial charge on any atom is 0.119 e. The third-order valence-corrected chi connectivity index (χ3v) is 1.53. The molecule has 0 aromatic heterocycles. The minimum Gasteiger partial charge on any atom is -0.497 e. The van der Waals surface area contributed by atoms with Gasteiger partial charge in [-0.2, -0.15) is 0 Å². The number of hydrogen-bond acceptors (Lipinski definition) is 2. The Kier molecular flexibility index (Phi) is 7.71. The summed E-state index contributed by atoms with van der Waals surface area (Å²) in [4.78, 5) is 0. The Balaban J connectivity index is 0.000000791. The number of methoxy groups -OCH3 is 1. The zero-order valence-corrected chi connectivity index (χ0v) is 9.54. The van der Waals surface area contributed by atoms with E-state index in [0.29, 0.717) is 0 Å². The molecule has 2 nitrogen and oxygen atoms in total. The molecule has 1 rings (SSSR count). The van der Waals surface area contributed by atoms with Crippen molar-refractivity contribution in [2.75, 3.05) is 13.7 Å². The lowest BCUT2D eigenvalue weighted by Gasteiger charge is -2.04. The molecule has 0 aliphatic heterocycles. The summed E-state index contributed by atoms with van der Waals surface area (Å²) in [6.07, 6.45) is 1.03. The van der Waals surface area contributed by atoms with Crippen LogP contribution in [0.2, 0.25) is 0 Å². The highest BCUT2D eigenvalue weighted by atomic mass is 16.5. The third kappa shape index (κ3) is 4.75. The van der Waals surface area contributed by atoms with Gasteiger partial charge in [0.1, 0.15) is 11.5 Å². The first-order chi connectivity index (χ1) is 6.86. The fourth-order valence-corrected chi connectivity index (χ4v) is 0.892. The smallest absolute Gasteiger partial charge is 0.119 e. The van der Waals surface area contributed by atoms with Gasteiger partial charge in [0.15, 0.2) is 0 Å². The molecule has 0 saturated heterocycles. The Morgan fingerprint density at radius 2 is 1.50 bits per heavy atom. The average molecular weight is 196 g/mol. The lowest BCUT2D eigenvalue weighted by Crippen LogP contribution is -1.94. The fourth-order valence-electron chi connectivity index (χ4n) is 0.892. The van der Waals surface area contributed by atoms with Gasteiger partial charge in [-0.05, 0) is 30.7 Å². The molecule has 1 aromatic rings. The lowest BCUT2D eigenvalue weighted by molar-refractivity contribution is 0.316. The highest BCUT2D eigenvalue weighted by molar-refractivity contribution is 5.30. The molecule has 0 aliphatic rings. The largest absolute Gasteiger partial charge is 0.497 e. The minimum absolute atomic E-state index is 0.770. The van der Waals surface area contributed by atoms with E-state index in [1.54, 1.807) is 7.11 Å². The molecule has 0 N–H and O–H groups in total. The predicted molar refractivity (Wildman–Crippen MR) is 60.1 cm³/mol. The lowest BCUT2D eigenvalue weighted by atomic mass is 10.3. The van der Waals surface area contributed by atoms with Crippen LogP contribution < -0.4 is 9.47 Å². The zero-order valence-electron chi connectivity index (χ0n) is 9.54. The van der Waals surface area contributed by atoms with Gasteiger partial charge in [0, 0.05) is 0 Å². The van der Waals surface area contributed by atoms with E-state index >= 15 is 0 Å². The summed E-state index contributed by atoms with van der Waals surface area (Å²) < 4.78 is 10.4. The van der Waals surface area contributed by atoms with Gasteiger partial charge >= 0.3 is 0 Å². The van der Waals surface area contributed by atoms with Crippen LogP contribution >= 0.6 is 0 Å². The second kappa shape index (κ2) is 8.42. The van der Waals surface area contributed by atoms with Gasteiger partial charge in [0.05, 0.1) is 13.7 Å². The Morgan fingerprint density at radius 3 is 1.93 bits per heavy atom. The first-order valence-electron chi connectivity index (χ1n) is 5.13. The Labute approximate surface area is 86.9 Å². The molecule has 0 heterocycles. The number of ether oxygens (including phenoxy) is 2. The Morgan fingerprint density at radius 1 is 1.00 bits per heavy atom. The minimum atomic E-state index is 0.770. The second-order valence-electron chi connectivity index (χ2n) is 2.52. The Bertz CT molecular complexity index is 216. The van der Waals surface area contributed by atoms with Crippen molar-refractivity contribution < 1.29 is 9.47 Å². The summed E-state index contributed by atoms with van der Waals surface area (Å²) in [5, 5.41) is 0. The highest BCUT2D eigenvalue weighted by Gasteiger charge is 1.92. The maximum atomic E-state index is 5.40. The monoisotopic (exact) mass is 196 g/mol. The molecule has 0 radical (unpaired) electrons. The fraction of sp³-hybridized carbons (Fsp3) is 0.500. The van der Waals surface area contributed by atoms with Gasteiger partial charge < -0.3 is 9.47 Å². The standard InChI is InChI=1S/C10H14O2.C2H6/c1-3-8-12-10-6-4-9(11-2)5-7-10;1-2/h4-7H,3,8H2,1-2H3;1-2H3. The molecule has 0 fully saturated rings. The van der Waals surface area contributed by atoms with Crippen LogP contribution in [0.5, 0.6) is 11.5 Å². The van der Waals surface area contributed by atoms with Crippen LogP contribution in [0, 0.1) is 0 Å². The van der Waals surface area contributed by atoms with Gasteiger partial charge in [-0.3, -0.25) is 0 Å². The molecule has 0 aliphatic carbocycles. The van der Waals surface area contributed by atoms with E-state index in [4.69, 9.17) is 9.47 Å². The number of benzene rings is 1. The van der Waals surface area contributed by atoms with E-state index in [1.807, 2.05) is 38.1 Å². The van der Waals surface area contributed by atoms with Crippen molar-refractivity contribution in [3.8, 4) is 11.5 Å². The van der Waals surface area contributed by atoms with E-state index in [9.17, 15) is 0 Å². The van der Waals surface area contributed by atoms with E-state index < -0.39 is 0 Å². The maximum absolute atomic E-state index is 5.40. The molecule has 0 unspecified atom stereocenters. The second-order valence-corrected chi connectivity index (χ2v) is 2.52. The van der Waals surface area contributed by atoms with Crippen LogP contribution in [0.4, 0.5) is 0 Å². The molecule has 14 heavy (non-hydrogen) atoms. The van der Waals surface area contributed by atoms with Crippen LogP contribution in [0.1, 0.15) is 27.2 Å². The third-order valence-electron chi connectivity index (χ3n) is 1.53. The average Bonchev–Trinajstić information content (AvgIpc) is 2.30. The molecule has 0 atom stereocenters. The molecule has 0 amide bonds. The summed E-state index contributed by atoms with van der Waals surface area (Å²) >= 11 is 0. The Hall–Kier alpha value is -1.18. The normalized spacial score (nSPS) is 8.57. The SMILES string of the molecule is CC.CCCOc1ccc(OC)cc1. The quantitative estimate of drug-likeness (QED) is 0.733. The van der Waals surface area contributed by atoms with Crippen LogP contribution in [-0.4, -0.2) is 13.7 Å². The van der Waals surface area contributed by atoms with Gasteiger partial charge in [-0.1, -0.05) is 20.8 Å². The van der Waals surface area contributed by atoms with E-state index in [1.165, 1.54) is 0 Å². The molecular weight excluding hydrogens is 176 g/mol. The molecule has 0 bridgehead atoms. The van der Waals surface area contributed by atoms with Gasteiger partial charge in [0.25, 0.3) is 0 Å². The van der Waals surface area contributed by atoms with Crippen molar-refractivity contribution in [2.45, 2.75) is 27.2 Å². The van der Waals surface area contributed by atoms with Crippen molar-refractivity contribution >= 4 is 0 Å². The molecule has 0 saturated carbocycles.